The van der Waals surface area contributed by atoms with Crippen LogP contribution in [0.3, 0.4) is 0 Å². The third-order valence-corrected chi connectivity index (χ3v) is 5.66. The van der Waals surface area contributed by atoms with Crippen LogP contribution in [0.1, 0.15) is 55.5 Å². The minimum atomic E-state index is 0.0701. The van der Waals surface area contributed by atoms with Crippen molar-refractivity contribution in [3.05, 3.63) is 23.7 Å². The average Bonchev–Trinajstić information content (AvgIpc) is 3.25. The molecule has 3 fully saturated rings. The molecular weight excluding hydrogens is 304 g/mol. The molecule has 1 saturated carbocycles. The SMILES string of the molecule is O=C1NCCC1N1CCC(c2nnc3ccc(C4CC4)nn23)CC1. The van der Waals surface area contributed by atoms with Gasteiger partial charge in [-0.05, 0) is 57.3 Å². The Bertz CT molecular complexity index is 774. The Morgan fingerprint density at radius 3 is 2.54 bits per heavy atom. The summed E-state index contributed by atoms with van der Waals surface area (Å²) in [4.78, 5) is 14.2. The van der Waals surface area contributed by atoms with E-state index in [9.17, 15) is 4.79 Å². The molecule has 0 bridgehead atoms. The van der Waals surface area contributed by atoms with Crippen LogP contribution in [0.2, 0.25) is 0 Å². The number of aromatic nitrogens is 4. The van der Waals surface area contributed by atoms with Crippen molar-refractivity contribution in [3.8, 4) is 0 Å². The lowest BCUT2D eigenvalue weighted by molar-refractivity contribution is -0.124. The summed E-state index contributed by atoms with van der Waals surface area (Å²) in [6.07, 6.45) is 5.46. The lowest BCUT2D eigenvalue weighted by atomic mass is 9.95. The topological polar surface area (TPSA) is 75.4 Å². The van der Waals surface area contributed by atoms with E-state index in [2.05, 4.69) is 26.5 Å². The predicted octanol–water partition coefficient (Wildman–Crippen LogP) is 1.07. The van der Waals surface area contributed by atoms with Crippen molar-refractivity contribution in [1.29, 1.82) is 0 Å². The van der Waals surface area contributed by atoms with E-state index in [1.54, 1.807) is 0 Å². The Kier molecular flexibility index (Phi) is 3.29. The average molecular weight is 326 g/mol. The number of nitrogens with zero attached hydrogens (tertiary/aromatic N) is 5. The monoisotopic (exact) mass is 326 g/mol. The molecule has 1 unspecified atom stereocenters. The van der Waals surface area contributed by atoms with E-state index in [4.69, 9.17) is 5.10 Å². The second-order valence-electron chi connectivity index (χ2n) is 7.27. The summed E-state index contributed by atoms with van der Waals surface area (Å²) in [6, 6.07) is 4.20. The normalized spacial score (nSPS) is 26.2. The van der Waals surface area contributed by atoms with E-state index in [1.807, 2.05) is 10.6 Å². The molecule has 2 saturated heterocycles. The van der Waals surface area contributed by atoms with Gasteiger partial charge in [-0.15, -0.1) is 10.2 Å². The Balaban J connectivity index is 1.35. The van der Waals surface area contributed by atoms with Gasteiger partial charge in [0.1, 0.15) is 0 Å². The van der Waals surface area contributed by atoms with Crippen LogP contribution in [-0.2, 0) is 4.79 Å². The van der Waals surface area contributed by atoms with Crippen LogP contribution in [0.4, 0.5) is 0 Å². The maximum atomic E-state index is 11.9. The number of piperidine rings is 1. The molecule has 5 rings (SSSR count). The van der Waals surface area contributed by atoms with Crippen LogP contribution in [-0.4, -0.2) is 56.3 Å². The third-order valence-electron chi connectivity index (χ3n) is 5.66. The van der Waals surface area contributed by atoms with Gasteiger partial charge in [-0.1, -0.05) is 0 Å². The first-order valence-corrected chi connectivity index (χ1v) is 9.03. The van der Waals surface area contributed by atoms with E-state index in [0.29, 0.717) is 11.8 Å². The number of likely N-dealkylation sites (tertiary alicyclic amines) is 1. The van der Waals surface area contributed by atoms with Gasteiger partial charge in [0, 0.05) is 18.4 Å². The number of amides is 1. The second-order valence-corrected chi connectivity index (χ2v) is 7.27. The molecule has 126 valence electrons. The lowest BCUT2D eigenvalue weighted by Gasteiger charge is -2.33. The van der Waals surface area contributed by atoms with Gasteiger partial charge in [0.25, 0.3) is 0 Å². The van der Waals surface area contributed by atoms with E-state index in [0.717, 1.165) is 50.4 Å². The Morgan fingerprint density at radius 2 is 1.83 bits per heavy atom. The van der Waals surface area contributed by atoms with Gasteiger partial charge in [-0.2, -0.15) is 9.61 Å². The summed E-state index contributed by atoms with van der Waals surface area (Å²) in [6.45, 7) is 2.70. The van der Waals surface area contributed by atoms with Crippen LogP contribution in [0, 0.1) is 0 Å². The fourth-order valence-corrected chi connectivity index (χ4v) is 4.07. The molecule has 1 aliphatic carbocycles. The molecule has 1 amide bonds. The smallest absolute Gasteiger partial charge is 0.237 e. The van der Waals surface area contributed by atoms with Crippen molar-refractivity contribution in [2.75, 3.05) is 19.6 Å². The van der Waals surface area contributed by atoms with Crippen LogP contribution in [0.5, 0.6) is 0 Å². The molecule has 0 aromatic carbocycles. The zero-order chi connectivity index (χ0) is 16.1. The van der Waals surface area contributed by atoms with Crippen LogP contribution in [0.25, 0.3) is 5.65 Å². The quantitative estimate of drug-likeness (QED) is 0.913. The largest absolute Gasteiger partial charge is 0.355 e. The summed E-state index contributed by atoms with van der Waals surface area (Å²) in [5.74, 6) is 2.19. The van der Waals surface area contributed by atoms with Crippen molar-refractivity contribution in [2.45, 2.75) is 50.0 Å². The van der Waals surface area contributed by atoms with E-state index in [-0.39, 0.29) is 11.9 Å². The lowest BCUT2D eigenvalue weighted by Crippen LogP contribution is -2.44. The number of carbonyl (C=O) groups is 1. The van der Waals surface area contributed by atoms with Crippen molar-refractivity contribution in [1.82, 2.24) is 30.0 Å². The van der Waals surface area contributed by atoms with Gasteiger partial charge >= 0.3 is 0 Å². The molecule has 3 aliphatic rings. The highest BCUT2D eigenvalue weighted by Gasteiger charge is 2.34. The number of fused-ring (bicyclic) bond motifs is 1. The molecule has 2 aromatic rings. The number of rotatable bonds is 3. The molecule has 0 spiro atoms. The molecular formula is C17H22N6O. The Hall–Kier alpha value is -2.02. The van der Waals surface area contributed by atoms with Crippen LogP contribution in [0.15, 0.2) is 12.1 Å². The number of hydrogen-bond acceptors (Lipinski definition) is 5. The van der Waals surface area contributed by atoms with Gasteiger partial charge in [-0.3, -0.25) is 9.69 Å². The first kappa shape index (κ1) is 14.3. The molecule has 24 heavy (non-hydrogen) atoms. The van der Waals surface area contributed by atoms with Gasteiger partial charge in [-0.25, -0.2) is 0 Å². The maximum absolute atomic E-state index is 11.9. The first-order chi connectivity index (χ1) is 11.8. The van der Waals surface area contributed by atoms with Gasteiger partial charge < -0.3 is 5.32 Å². The van der Waals surface area contributed by atoms with Crippen molar-refractivity contribution in [2.24, 2.45) is 0 Å². The first-order valence-electron chi connectivity index (χ1n) is 9.03. The molecule has 1 N–H and O–H groups in total. The number of hydrogen-bond donors (Lipinski definition) is 1. The molecule has 2 aromatic heterocycles. The minimum absolute atomic E-state index is 0.0701. The summed E-state index contributed by atoms with van der Waals surface area (Å²) in [5.41, 5.74) is 2.01. The van der Waals surface area contributed by atoms with Crippen molar-refractivity contribution in [3.63, 3.8) is 0 Å². The van der Waals surface area contributed by atoms with Gasteiger partial charge in [0.05, 0.1) is 11.7 Å². The van der Waals surface area contributed by atoms with E-state index < -0.39 is 0 Å². The Morgan fingerprint density at radius 1 is 1.00 bits per heavy atom. The third kappa shape index (κ3) is 2.38. The summed E-state index contributed by atoms with van der Waals surface area (Å²) >= 11 is 0. The fraction of sp³-hybridized carbons (Fsp3) is 0.647. The van der Waals surface area contributed by atoms with E-state index >= 15 is 0 Å². The summed E-state index contributed by atoms with van der Waals surface area (Å²) < 4.78 is 1.95. The zero-order valence-corrected chi connectivity index (χ0v) is 13.7. The standard InChI is InChI=1S/C17H22N6O/c24-17-14(5-8-18-17)22-9-6-12(7-10-22)16-20-19-15-4-3-13(11-1-2-11)21-23(15)16/h3-4,11-12,14H,1-2,5-10H2,(H,18,24). The van der Waals surface area contributed by atoms with Crippen molar-refractivity contribution < 1.29 is 4.79 Å². The fourth-order valence-electron chi connectivity index (χ4n) is 4.07. The second kappa shape index (κ2) is 5.51. The molecule has 7 heteroatoms. The highest BCUT2D eigenvalue weighted by atomic mass is 16.2. The van der Waals surface area contributed by atoms with Gasteiger partial charge in [0.15, 0.2) is 11.5 Å². The minimum Gasteiger partial charge on any atom is -0.355 e. The summed E-state index contributed by atoms with van der Waals surface area (Å²) in [5, 5.41) is 16.5. The Labute approximate surface area is 140 Å². The molecule has 1 atom stereocenters. The predicted molar refractivity (Wildman–Crippen MR) is 87.7 cm³/mol. The molecule has 0 radical (unpaired) electrons. The zero-order valence-electron chi connectivity index (χ0n) is 13.7. The van der Waals surface area contributed by atoms with Crippen LogP contribution < -0.4 is 5.32 Å². The number of nitrogens with one attached hydrogen (secondary N) is 1. The highest BCUT2D eigenvalue weighted by molar-refractivity contribution is 5.83. The van der Waals surface area contributed by atoms with Gasteiger partial charge in [0.2, 0.25) is 5.91 Å². The molecule has 2 aliphatic heterocycles. The highest BCUT2D eigenvalue weighted by Crippen LogP contribution is 2.39. The molecule has 4 heterocycles. The van der Waals surface area contributed by atoms with Crippen molar-refractivity contribution >= 4 is 11.6 Å². The number of carbonyl (C=O) groups excluding carboxylic acids is 1. The maximum Gasteiger partial charge on any atom is 0.237 e. The summed E-state index contributed by atoms with van der Waals surface area (Å²) in [7, 11) is 0. The van der Waals surface area contributed by atoms with Crippen LogP contribution >= 0.6 is 0 Å². The molecule has 7 nitrogen and oxygen atoms in total. The van der Waals surface area contributed by atoms with E-state index in [1.165, 1.54) is 18.5 Å².